The first kappa shape index (κ1) is 16.1. The number of hydrogen-bond acceptors (Lipinski definition) is 6. The monoisotopic (exact) mass is 385 g/mol. The number of ether oxygens (including phenoxy) is 2. The average molecular weight is 385 g/mol. The maximum Gasteiger partial charge on any atom is 0.524 e. The lowest BCUT2D eigenvalue weighted by atomic mass is 10.1. The number of furan rings is 1. The number of rotatable bonds is 3. The van der Waals surface area contributed by atoms with Gasteiger partial charge in [0.2, 0.25) is 6.79 Å². The number of benzene rings is 2. The normalized spacial score (nSPS) is 13.4. The number of para-hydroxylation sites is 1. The number of hydrogen-bond donors (Lipinski definition) is 2. The Morgan fingerprint density at radius 2 is 1.81 bits per heavy atom. The van der Waals surface area contributed by atoms with Gasteiger partial charge in [0.05, 0.1) is 11.2 Å². The van der Waals surface area contributed by atoms with Crippen LogP contribution in [0.25, 0.3) is 33.1 Å². The summed E-state index contributed by atoms with van der Waals surface area (Å²) in [5.74, 6) is 0.958. The molecule has 2 aromatic carbocycles. The van der Waals surface area contributed by atoms with Gasteiger partial charge in [0.25, 0.3) is 0 Å². The Bertz CT molecular complexity index is 1240. The van der Waals surface area contributed by atoms with Crippen molar-refractivity contribution in [3.05, 3.63) is 48.7 Å². The molecule has 8 nitrogen and oxygen atoms in total. The highest BCUT2D eigenvalue weighted by Gasteiger charge is 2.23. The number of phosphoric acid groups is 1. The molecule has 0 radical (unpaired) electrons. The SMILES string of the molecule is O=P(O)(O)Oc1cc(-c2coc3ccccc23)nc2cc3c(cc12)OCO3. The summed E-state index contributed by atoms with van der Waals surface area (Å²) in [6.45, 7) is 0.0690. The minimum absolute atomic E-state index is 0.00749. The molecule has 136 valence electrons. The van der Waals surface area contributed by atoms with E-state index in [1.807, 2.05) is 24.3 Å². The zero-order chi connectivity index (χ0) is 18.6. The van der Waals surface area contributed by atoms with Crippen molar-refractivity contribution in [3.8, 4) is 28.5 Å². The van der Waals surface area contributed by atoms with Gasteiger partial charge in [-0.2, -0.15) is 0 Å². The summed E-state index contributed by atoms with van der Waals surface area (Å²) >= 11 is 0. The maximum absolute atomic E-state index is 11.5. The Balaban J connectivity index is 1.78. The van der Waals surface area contributed by atoms with Crippen LogP contribution in [0, 0.1) is 0 Å². The van der Waals surface area contributed by atoms with Crippen LogP contribution < -0.4 is 14.0 Å². The van der Waals surface area contributed by atoms with Gasteiger partial charge < -0.3 is 18.4 Å². The standard InChI is InChI=1S/C18H12NO7P/c20-27(21,22)26-16-6-14(12-8-23-15-4-2-1-3-10(12)15)19-13-7-18-17(5-11(13)16)24-9-25-18/h1-8H,9H2,(H2,20,21,22). The molecule has 0 saturated heterocycles. The fourth-order valence-electron chi connectivity index (χ4n) is 3.10. The third-order valence-corrected chi connectivity index (χ3v) is 4.67. The van der Waals surface area contributed by atoms with Crippen LogP contribution >= 0.6 is 7.82 Å². The molecule has 4 aromatic rings. The fourth-order valence-corrected chi connectivity index (χ4v) is 3.51. The van der Waals surface area contributed by atoms with E-state index in [2.05, 4.69) is 4.98 Å². The van der Waals surface area contributed by atoms with E-state index >= 15 is 0 Å². The van der Waals surface area contributed by atoms with E-state index in [1.165, 1.54) is 6.07 Å². The molecule has 0 saturated carbocycles. The molecule has 0 amide bonds. The molecule has 0 aliphatic carbocycles. The van der Waals surface area contributed by atoms with Crippen molar-refractivity contribution in [2.45, 2.75) is 0 Å². The van der Waals surface area contributed by atoms with Crippen LogP contribution in [-0.2, 0) is 4.57 Å². The highest BCUT2D eigenvalue weighted by atomic mass is 31.2. The van der Waals surface area contributed by atoms with E-state index in [4.69, 9.17) is 18.4 Å². The predicted octanol–water partition coefficient (Wildman–Crippen LogP) is 3.85. The molecule has 3 heterocycles. The zero-order valence-corrected chi connectivity index (χ0v) is 14.6. The summed E-state index contributed by atoms with van der Waals surface area (Å²) < 4.78 is 32.7. The van der Waals surface area contributed by atoms with E-state index in [1.54, 1.807) is 18.4 Å². The second kappa shape index (κ2) is 5.72. The minimum atomic E-state index is -4.78. The van der Waals surface area contributed by atoms with Gasteiger partial charge in [-0.05, 0) is 12.1 Å². The molecule has 0 spiro atoms. The first-order valence-corrected chi connectivity index (χ1v) is 9.47. The van der Waals surface area contributed by atoms with Crippen molar-refractivity contribution in [1.29, 1.82) is 0 Å². The molecular weight excluding hydrogens is 373 g/mol. The first-order chi connectivity index (χ1) is 13.0. The first-order valence-electron chi connectivity index (χ1n) is 7.94. The topological polar surface area (TPSA) is 111 Å². The number of aromatic nitrogens is 1. The Kier molecular flexibility index (Phi) is 3.42. The predicted molar refractivity (Wildman–Crippen MR) is 95.7 cm³/mol. The smallest absolute Gasteiger partial charge is 0.464 e. The van der Waals surface area contributed by atoms with E-state index in [9.17, 15) is 14.4 Å². The van der Waals surface area contributed by atoms with E-state index in [0.717, 1.165) is 5.39 Å². The maximum atomic E-state index is 11.5. The Labute approximate surface area is 152 Å². The number of pyridine rings is 1. The molecule has 0 bridgehead atoms. The summed E-state index contributed by atoms with van der Waals surface area (Å²) in [4.78, 5) is 23.2. The van der Waals surface area contributed by atoms with Crippen molar-refractivity contribution in [1.82, 2.24) is 4.98 Å². The third-order valence-electron chi connectivity index (χ3n) is 4.24. The van der Waals surface area contributed by atoms with Crippen LogP contribution in [-0.4, -0.2) is 21.6 Å². The molecule has 9 heteroatoms. The molecule has 1 aliphatic rings. The average Bonchev–Trinajstić information content (AvgIpc) is 3.25. The Morgan fingerprint density at radius 3 is 2.63 bits per heavy atom. The Morgan fingerprint density at radius 1 is 1.04 bits per heavy atom. The molecule has 0 fully saturated rings. The van der Waals surface area contributed by atoms with Gasteiger partial charge in [-0.25, -0.2) is 9.55 Å². The van der Waals surface area contributed by atoms with Gasteiger partial charge in [0, 0.05) is 28.5 Å². The molecular formula is C18H12NO7P. The van der Waals surface area contributed by atoms with E-state index in [-0.39, 0.29) is 12.5 Å². The lowest BCUT2D eigenvalue weighted by Crippen LogP contribution is -1.94. The second-order valence-electron chi connectivity index (χ2n) is 5.96. The van der Waals surface area contributed by atoms with Gasteiger partial charge in [-0.1, -0.05) is 18.2 Å². The highest BCUT2D eigenvalue weighted by molar-refractivity contribution is 7.46. The molecule has 2 aromatic heterocycles. The van der Waals surface area contributed by atoms with E-state index in [0.29, 0.717) is 39.2 Å². The number of nitrogens with zero attached hydrogens (tertiary/aromatic N) is 1. The summed E-state index contributed by atoms with van der Waals surface area (Å²) in [6.07, 6.45) is 1.55. The zero-order valence-electron chi connectivity index (χ0n) is 13.7. The van der Waals surface area contributed by atoms with E-state index < -0.39 is 7.82 Å². The minimum Gasteiger partial charge on any atom is -0.464 e. The van der Waals surface area contributed by atoms with Crippen LogP contribution in [0.15, 0.2) is 53.1 Å². The molecule has 2 N–H and O–H groups in total. The summed E-state index contributed by atoms with van der Waals surface area (Å²) in [5, 5.41) is 1.23. The van der Waals surface area contributed by atoms with Crippen molar-refractivity contribution >= 4 is 29.7 Å². The van der Waals surface area contributed by atoms with Crippen molar-refractivity contribution in [2.24, 2.45) is 0 Å². The van der Waals surface area contributed by atoms with Crippen LogP contribution in [0.1, 0.15) is 0 Å². The van der Waals surface area contributed by atoms with Gasteiger partial charge >= 0.3 is 7.82 Å². The summed E-state index contributed by atoms with van der Waals surface area (Å²) in [6, 6.07) is 12.1. The highest BCUT2D eigenvalue weighted by Crippen LogP contribution is 2.45. The van der Waals surface area contributed by atoms with Crippen molar-refractivity contribution < 1.29 is 32.8 Å². The van der Waals surface area contributed by atoms with Crippen molar-refractivity contribution in [3.63, 3.8) is 0 Å². The van der Waals surface area contributed by atoms with Gasteiger partial charge in [-0.15, -0.1) is 0 Å². The molecule has 27 heavy (non-hydrogen) atoms. The lowest BCUT2D eigenvalue weighted by molar-refractivity contribution is 0.174. The largest absolute Gasteiger partial charge is 0.524 e. The van der Waals surface area contributed by atoms with Crippen LogP contribution in [0.3, 0.4) is 0 Å². The molecule has 5 rings (SSSR count). The Hall–Kier alpha value is -3.06. The van der Waals surface area contributed by atoms with Gasteiger partial charge in [-0.3, -0.25) is 9.79 Å². The molecule has 0 atom stereocenters. The third kappa shape index (κ3) is 2.80. The second-order valence-corrected chi connectivity index (χ2v) is 7.12. The molecule has 1 aliphatic heterocycles. The quantitative estimate of drug-likeness (QED) is 0.512. The fraction of sp³-hybridized carbons (Fsp3) is 0.0556. The van der Waals surface area contributed by atoms with Gasteiger partial charge in [0.15, 0.2) is 11.5 Å². The van der Waals surface area contributed by atoms with Gasteiger partial charge in [0.1, 0.15) is 17.6 Å². The van der Waals surface area contributed by atoms with Crippen LogP contribution in [0.5, 0.6) is 17.2 Å². The summed E-state index contributed by atoms with van der Waals surface area (Å²) in [5.41, 5.74) is 2.26. The number of phosphoric ester groups is 1. The van der Waals surface area contributed by atoms with Crippen LogP contribution in [0.2, 0.25) is 0 Å². The molecule has 0 unspecified atom stereocenters. The summed E-state index contributed by atoms with van der Waals surface area (Å²) in [7, 11) is -4.78. The van der Waals surface area contributed by atoms with Crippen LogP contribution in [0.4, 0.5) is 0 Å². The lowest BCUT2D eigenvalue weighted by Gasteiger charge is -2.12. The number of fused-ring (bicyclic) bond motifs is 3. The van der Waals surface area contributed by atoms with Crippen molar-refractivity contribution in [2.75, 3.05) is 6.79 Å².